The van der Waals surface area contributed by atoms with Crippen molar-refractivity contribution in [1.29, 1.82) is 0 Å². The normalized spacial score (nSPS) is 15.2. The van der Waals surface area contributed by atoms with E-state index in [-0.39, 0.29) is 12.0 Å². The predicted molar refractivity (Wildman–Crippen MR) is 243 cm³/mol. The van der Waals surface area contributed by atoms with E-state index < -0.39 is 0 Å². The summed E-state index contributed by atoms with van der Waals surface area (Å²) in [4.78, 5) is 2.35. The van der Waals surface area contributed by atoms with E-state index >= 15 is 0 Å². The van der Waals surface area contributed by atoms with Crippen LogP contribution in [0.4, 0.5) is 17.1 Å². The molecule has 2 nitrogen and oxygen atoms in total. The molecule has 1 heterocycles. The minimum Gasteiger partial charge on any atom is -0.485 e. The maximum Gasteiger partial charge on any atom is 0.128 e. The van der Waals surface area contributed by atoms with Gasteiger partial charge in [-0.05, 0) is 130 Å². The first-order valence-electron chi connectivity index (χ1n) is 20.1. The summed E-state index contributed by atoms with van der Waals surface area (Å²) in [6.07, 6.45) is 6.83. The number of benzene rings is 8. The van der Waals surface area contributed by atoms with Gasteiger partial charge < -0.3 is 9.64 Å². The number of hydrogen-bond acceptors (Lipinski definition) is 2. The fourth-order valence-electron chi connectivity index (χ4n) is 8.35. The first kappa shape index (κ1) is 35.3. The van der Waals surface area contributed by atoms with Gasteiger partial charge in [-0.2, -0.15) is 0 Å². The van der Waals surface area contributed by atoms with Crippen molar-refractivity contribution in [3.05, 3.63) is 235 Å². The summed E-state index contributed by atoms with van der Waals surface area (Å²) < 4.78 is 6.24. The Balaban J connectivity index is 0.981. The number of allylic oxidation sites excluding steroid dienone is 2. The van der Waals surface area contributed by atoms with Gasteiger partial charge in [-0.3, -0.25) is 0 Å². The molecule has 2 heteroatoms. The van der Waals surface area contributed by atoms with Gasteiger partial charge in [0.2, 0.25) is 0 Å². The average molecular weight is 746 g/mol. The third kappa shape index (κ3) is 6.95. The van der Waals surface area contributed by atoms with Crippen LogP contribution < -0.4 is 9.64 Å². The van der Waals surface area contributed by atoms with E-state index in [2.05, 4.69) is 225 Å². The van der Waals surface area contributed by atoms with Crippen molar-refractivity contribution in [1.82, 2.24) is 0 Å². The monoisotopic (exact) mass is 745 g/mol. The second kappa shape index (κ2) is 15.1. The van der Waals surface area contributed by atoms with Crippen LogP contribution in [0.5, 0.6) is 5.75 Å². The molecular weight excluding hydrogens is 703 g/mol. The van der Waals surface area contributed by atoms with E-state index in [1.54, 1.807) is 0 Å². The average Bonchev–Trinajstić information content (AvgIpc) is 3.66. The summed E-state index contributed by atoms with van der Waals surface area (Å²) in [7, 11) is 0. The number of anilines is 3. The van der Waals surface area contributed by atoms with E-state index in [1.165, 1.54) is 72.3 Å². The Bertz CT molecular complexity index is 2660. The van der Waals surface area contributed by atoms with Crippen LogP contribution in [-0.4, -0.2) is 6.10 Å². The number of hydrogen-bond donors (Lipinski definition) is 0. The fraction of sp³-hybridized carbons (Fsp3) is 0.0714. The van der Waals surface area contributed by atoms with Crippen LogP contribution in [0.2, 0.25) is 0 Å². The van der Waals surface area contributed by atoms with Gasteiger partial charge in [0.25, 0.3) is 0 Å². The van der Waals surface area contributed by atoms with Crippen LogP contribution in [0.3, 0.4) is 0 Å². The van der Waals surface area contributed by atoms with Crippen LogP contribution in [0.25, 0.3) is 50.1 Å². The molecule has 2 atom stereocenters. The first-order valence-corrected chi connectivity index (χ1v) is 20.1. The van der Waals surface area contributed by atoms with Crippen molar-refractivity contribution < 1.29 is 4.74 Å². The molecule has 0 N–H and O–H groups in total. The lowest BCUT2D eigenvalue weighted by Gasteiger charge is -2.26. The van der Waals surface area contributed by atoms with E-state index in [0.29, 0.717) is 0 Å². The molecule has 0 amide bonds. The Kier molecular flexibility index (Phi) is 9.16. The molecule has 2 unspecified atom stereocenters. The molecule has 278 valence electrons. The number of aryl methyl sites for hydroxylation is 2. The highest BCUT2D eigenvalue weighted by Gasteiger charge is 2.33. The maximum atomic E-state index is 6.24. The van der Waals surface area contributed by atoms with Gasteiger partial charge in [-0.1, -0.05) is 163 Å². The van der Waals surface area contributed by atoms with Crippen molar-refractivity contribution in [2.75, 3.05) is 4.90 Å². The van der Waals surface area contributed by atoms with E-state index in [1.807, 2.05) is 6.07 Å². The van der Waals surface area contributed by atoms with Gasteiger partial charge in [0, 0.05) is 28.5 Å². The smallest absolute Gasteiger partial charge is 0.128 e. The molecule has 0 saturated heterocycles. The predicted octanol–water partition coefficient (Wildman–Crippen LogP) is 14.9. The summed E-state index contributed by atoms with van der Waals surface area (Å²) in [5, 5.41) is 0. The van der Waals surface area contributed by atoms with Crippen molar-refractivity contribution in [2.45, 2.75) is 25.9 Å². The van der Waals surface area contributed by atoms with Crippen LogP contribution in [0.15, 0.2) is 212 Å². The minimum atomic E-state index is 0.0528. The summed E-state index contributed by atoms with van der Waals surface area (Å²) in [6.45, 7) is 4.26. The Labute approximate surface area is 341 Å². The number of rotatable bonds is 8. The molecular formula is C56H43NO. The number of fused-ring (bicyclic) bond motifs is 3. The summed E-state index contributed by atoms with van der Waals surface area (Å²) in [6, 6.07) is 70.5. The lowest BCUT2D eigenvalue weighted by atomic mass is 9.87. The number of para-hydroxylation sites is 1. The van der Waals surface area contributed by atoms with Crippen molar-refractivity contribution in [3.8, 4) is 50.3 Å². The highest BCUT2D eigenvalue weighted by atomic mass is 16.5. The second-order valence-corrected chi connectivity index (χ2v) is 15.5. The summed E-state index contributed by atoms with van der Waals surface area (Å²) >= 11 is 0. The van der Waals surface area contributed by atoms with Crippen LogP contribution >= 0.6 is 0 Å². The molecule has 0 saturated carbocycles. The van der Waals surface area contributed by atoms with Gasteiger partial charge in [0.05, 0.1) is 0 Å². The van der Waals surface area contributed by atoms with Gasteiger partial charge in [0.1, 0.15) is 11.9 Å². The Hall–Kier alpha value is -7.16. The molecule has 8 aromatic rings. The second-order valence-electron chi connectivity index (χ2n) is 15.5. The topological polar surface area (TPSA) is 12.5 Å². The lowest BCUT2D eigenvalue weighted by Crippen LogP contribution is -2.17. The highest BCUT2D eigenvalue weighted by molar-refractivity contribution is 5.83. The van der Waals surface area contributed by atoms with Crippen LogP contribution in [-0.2, 0) is 0 Å². The molecule has 58 heavy (non-hydrogen) atoms. The fourth-order valence-corrected chi connectivity index (χ4v) is 8.35. The maximum absolute atomic E-state index is 6.24. The molecule has 2 aliphatic rings. The third-order valence-electron chi connectivity index (χ3n) is 11.6. The van der Waals surface area contributed by atoms with Crippen molar-refractivity contribution in [3.63, 3.8) is 0 Å². The van der Waals surface area contributed by atoms with E-state index in [9.17, 15) is 0 Å². The standard InChI is InChI=1S/C56H43NO/c1-38-13-17-40(18-14-38)45-7-5-9-47(35-45)42-21-28-50(29-22-42)57(51-30-23-43(24-31-51)48-10-6-8-46(36-48)41-19-15-39(2)16-20-41)52-32-25-44(26-33-52)49-27-34-56-54(37-49)53-11-3-4-12-55(53)58-56/h3-37,54,56H,1-2H3. The molecule has 1 aliphatic carbocycles. The minimum absolute atomic E-state index is 0.0528. The zero-order valence-corrected chi connectivity index (χ0v) is 32.7. The van der Waals surface area contributed by atoms with Crippen LogP contribution in [0, 0.1) is 13.8 Å². The summed E-state index contributed by atoms with van der Waals surface area (Å²) in [5.74, 6) is 1.21. The molecule has 0 aromatic heterocycles. The summed E-state index contributed by atoms with van der Waals surface area (Å²) in [5.41, 5.74) is 19.1. The van der Waals surface area contributed by atoms with Gasteiger partial charge in [-0.15, -0.1) is 0 Å². The third-order valence-corrected chi connectivity index (χ3v) is 11.6. The lowest BCUT2D eigenvalue weighted by molar-refractivity contribution is 0.269. The van der Waals surface area contributed by atoms with Crippen LogP contribution in [0.1, 0.15) is 28.2 Å². The zero-order chi connectivity index (χ0) is 39.0. The molecule has 0 spiro atoms. The SMILES string of the molecule is Cc1ccc(-c2cccc(-c3ccc(N(c4ccc(C5=CC6c7ccccc7OC6C=C5)cc4)c4ccc(-c5cccc(-c6ccc(C)cc6)c5)cc4)cc3)c2)cc1. The van der Waals surface area contributed by atoms with Crippen molar-refractivity contribution in [2.24, 2.45) is 0 Å². The molecule has 0 bridgehead atoms. The highest BCUT2D eigenvalue weighted by Crippen LogP contribution is 2.44. The largest absolute Gasteiger partial charge is 0.485 e. The number of nitrogens with zero attached hydrogens (tertiary/aromatic N) is 1. The van der Waals surface area contributed by atoms with E-state index in [0.717, 1.165) is 22.8 Å². The zero-order valence-electron chi connectivity index (χ0n) is 32.7. The van der Waals surface area contributed by atoms with Gasteiger partial charge >= 0.3 is 0 Å². The van der Waals surface area contributed by atoms with Gasteiger partial charge in [-0.25, -0.2) is 0 Å². The molecule has 0 radical (unpaired) electrons. The Morgan fingerprint density at radius 2 is 0.810 bits per heavy atom. The quantitative estimate of drug-likeness (QED) is 0.154. The first-order chi connectivity index (χ1) is 28.5. The molecule has 1 aliphatic heterocycles. The van der Waals surface area contributed by atoms with Gasteiger partial charge in [0.15, 0.2) is 0 Å². The molecule has 0 fully saturated rings. The Morgan fingerprint density at radius 3 is 1.28 bits per heavy atom. The molecule has 10 rings (SSSR count). The van der Waals surface area contributed by atoms with E-state index in [4.69, 9.17) is 4.74 Å². The Morgan fingerprint density at radius 1 is 0.397 bits per heavy atom. The van der Waals surface area contributed by atoms with Crippen molar-refractivity contribution >= 4 is 22.6 Å². The molecule has 8 aromatic carbocycles. The number of ether oxygens (including phenoxy) is 1.